The maximum Gasteiger partial charge on any atom is 0.242 e. The summed E-state index contributed by atoms with van der Waals surface area (Å²) in [5.74, 6) is 0.142. The number of ether oxygens (including phenoxy) is 1. The van der Waals surface area contributed by atoms with E-state index in [9.17, 15) is 18.0 Å². The molecule has 8 nitrogen and oxygen atoms in total. The highest BCUT2D eigenvalue weighted by atomic mass is 35.5. The van der Waals surface area contributed by atoms with Crippen LogP contribution in [-0.2, 0) is 26.2 Å². The highest BCUT2D eigenvalue weighted by Crippen LogP contribution is 2.23. The first-order chi connectivity index (χ1) is 17.5. The minimum Gasteiger partial charge on any atom is -0.494 e. The summed E-state index contributed by atoms with van der Waals surface area (Å²) in [5.41, 5.74) is 1.22. The van der Waals surface area contributed by atoms with Crippen LogP contribution in [0, 0.1) is 0 Å². The van der Waals surface area contributed by atoms with Gasteiger partial charge >= 0.3 is 0 Å². The van der Waals surface area contributed by atoms with E-state index in [0.717, 1.165) is 18.2 Å². The van der Waals surface area contributed by atoms with E-state index in [0.29, 0.717) is 23.1 Å². The summed E-state index contributed by atoms with van der Waals surface area (Å²) < 4.78 is 31.7. The van der Waals surface area contributed by atoms with Gasteiger partial charge in [-0.15, -0.1) is 0 Å². The SMILES string of the molecule is CCOc1ccc(N(CCCC(=O)N(Cc2ccccc2Cl)[C@@H](C)C(=O)N[C@@H](C)CC)S(C)(=O)=O)cc1. The van der Waals surface area contributed by atoms with E-state index in [1.165, 1.54) is 9.21 Å². The fourth-order valence-electron chi connectivity index (χ4n) is 3.74. The zero-order valence-corrected chi connectivity index (χ0v) is 23.8. The first-order valence-corrected chi connectivity index (χ1v) is 14.7. The van der Waals surface area contributed by atoms with Gasteiger partial charge in [-0.05, 0) is 69.5 Å². The van der Waals surface area contributed by atoms with Crippen LogP contribution >= 0.6 is 11.6 Å². The number of nitrogens with zero attached hydrogens (tertiary/aromatic N) is 2. The maximum atomic E-state index is 13.4. The van der Waals surface area contributed by atoms with Crippen LogP contribution in [0.15, 0.2) is 48.5 Å². The van der Waals surface area contributed by atoms with Gasteiger partial charge in [-0.2, -0.15) is 0 Å². The quantitative estimate of drug-likeness (QED) is 0.370. The van der Waals surface area contributed by atoms with Gasteiger partial charge in [0.05, 0.1) is 18.6 Å². The van der Waals surface area contributed by atoms with Crippen molar-refractivity contribution in [3.63, 3.8) is 0 Å². The van der Waals surface area contributed by atoms with Gasteiger partial charge in [0.25, 0.3) is 0 Å². The van der Waals surface area contributed by atoms with Crippen LogP contribution in [0.1, 0.15) is 52.5 Å². The van der Waals surface area contributed by atoms with E-state index < -0.39 is 16.1 Å². The van der Waals surface area contributed by atoms with Gasteiger partial charge < -0.3 is 15.0 Å². The van der Waals surface area contributed by atoms with Crippen molar-refractivity contribution >= 4 is 39.1 Å². The zero-order valence-electron chi connectivity index (χ0n) is 22.2. The van der Waals surface area contributed by atoms with Gasteiger partial charge in [-0.25, -0.2) is 8.42 Å². The molecule has 2 amide bonds. The van der Waals surface area contributed by atoms with E-state index in [1.807, 2.05) is 32.9 Å². The highest BCUT2D eigenvalue weighted by Gasteiger charge is 2.27. The first-order valence-electron chi connectivity index (χ1n) is 12.5. The molecule has 0 unspecified atom stereocenters. The summed E-state index contributed by atoms with van der Waals surface area (Å²) in [6.07, 6.45) is 2.24. The topological polar surface area (TPSA) is 96.0 Å². The lowest BCUT2D eigenvalue weighted by Crippen LogP contribution is -2.49. The molecule has 204 valence electrons. The van der Waals surface area contributed by atoms with Crippen molar-refractivity contribution in [3.05, 3.63) is 59.1 Å². The molecule has 37 heavy (non-hydrogen) atoms. The highest BCUT2D eigenvalue weighted by molar-refractivity contribution is 7.92. The van der Waals surface area contributed by atoms with Crippen molar-refractivity contribution in [1.82, 2.24) is 10.2 Å². The molecule has 0 fully saturated rings. The first kappa shape index (κ1) is 30.4. The Labute approximate surface area is 226 Å². The van der Waals surface area contributed by atoms with Crippen LogP contribution in [0.25, 0.3) is 0 Å². The third-order valence-corrected chi connectivity index (χ3v) is 7.62. The fourth-order valence-corrected chi connectivity index (χ4v) is 4.90. The molecule has 0 aliphatic carbocycles. The van der Waals surface area contributed by atoms with Gasteiger partial charge in [-0.1, -0.05) is 36.7 Å². The van der Waals surface area contributed by atoms with Crippen LogP contribution in [0.3, 0.4) is 0 Å². The second-order valence-corrected chi connectivity index (χ2v) is 11.3. The number of nitrogens with one attached hydrogen (secondary N) is 1. The fraction of sp³-hybridized carbons (Fsp3) is 0.481. The zero-order chi connectivity index (χ0) is 27.6. The Bertz CT molecular complexity index is 1140. The number of rotatable bonds is 14. The molecule has 1 N–H and O–H groups in total. The minimum atomic E-state index is -3.58. The number of carbonyl (C=O) groups excluding carboxylic acids is 2. The molecule has 2 atom stereocenters. The summed E-state index contributed by atoms with van der Waals surface area (Å²) in [7, 11) is -3.58. The van der Waals surface area contributed by atoms with Crippen LogP contribution in [0.4, 0.5) is 5.69 Å². The number of hydrogen-bond acceptors (Lipinski definition) is 5. The van der Waals surface area contributed by atoms with Gasteiger partial charge in [-0.3, -0.25) is 13.9 Å². The van der Waals surface area contributed by atoms with Crippen molar-refractivity contribution < 1.29 is 22.7 Å². The molecule has 0 spiro atoms. The summed E-state index contributed by atoms with van der Waals surface area (Å²) in [6, 6.07) is 13.2. The van der Waals surface area contributed by atoms with Gasteiger partial charge in [0, 0.05) is 30.6 Å². The number of anilines is 1. The summed E-state index contributed by atoms with van der Waals surface area (Å²) in [6.45, 7) is 8.24. The lowest BCUT2D eigenvalue weighted by Gasteiger charge is -2.30. The van der Waals surface area contributed by atoms with Crippen molar-refractivity contribution in [2.45, 2.75) is 65.6 Å². The van der Waals surface area contributed by atoms with Gasteiger partial charge in [0.1, 0.15) is 11.8 Å². The Morgan fingerprint density at radius 3 is 2.27 bits per heavy atom. The van der Waals surface area contributed by atoms with Crippen LogP contribution in [-0.4, -0.2) is 56.6 Å². The largest absolute Gasteiger partial charge is 0.494 e. The van der Waals surface area contributed by atoms with Crippen molar-refractivity contribution in [1.29, 1.82) is 0 Å². The molecule has 0 aliphatic rings. The lowest BCUT2D eigenvalue weighted by atomic mass is 10.1. The lowest BCUT2D eigenvalue weighted by molar-refractivity contribution is -0.140. The Kier molecular flexibility index (Phi) is 11.7. The second kappa shape index (κ2) is 14.2. The van der Waals surface area contributed by atoms with Crippen LogP contribution in [0.5, 0.6) is 5.75 Å². The minimum absolute atomic E-state index is 0.0235. The number of halogens is 1. The molecule has 0 aromatic heterocycles. The maximum absolute atomic E-state index is 13.4. The Balaban J connectivity index is 2.17. The predicted octanol–water partition coefficient (Wildman–Crippen LogP) is 4.62. The average Bonchev–Trinajstić information content (AvgIpc) is 2.85. The number of benzene rings is 2. The van der Waals surface area contributed by atoms with E-state index in [2.05, 4.69) is 5.32 Å². The normalized spacial score (nSPS) is 12.9. The third kappa shape index (κ3) is 9.23. The monoisotopic (exact) mass is 551 g/mol. The molecule has 2 aromatic carbocycles. The van der Waals surface area contributed by atoms with Crippen LogP contribution < -0.4 is 14.4 Å². The van der Waals surface area contributed by atoms with Crippen LogP contribution in [0.2, 0.25) is 5.02 Å². The van der Waals surface area contributed by atoms with Gasteiger partial charge in [0.15, 0.2) is 0 Å². The Hall–Kier alpha value is -2.78. The van der Waals surface area contributed by atoms with E-state index >= 15 is 0 Å². The van der Waals surface area contributed by atoms with E-state index in [4.69, 9.17) is 16.3 Å². The molecular formula is C27H38ClN3O5S. The molecule has 0 saturated carbocycles. The molecule has 0 radical (unpaired) electrons. The molecule has 0 aliphatic heterocycles. The smallest absolute Gasteiger partial charge is 0.242 e. The molecule has 10 heteroatoms. The molecule has 2 aromatic rings. The summed E-state index contributed by atoms with van der Waals surface area (Å²) in [4.78, 5) is 27.7. The molecule has 0 heterocycles. The molecule has 0 bridgehead atoms. The van der Waals surface area contributed by atoms with E-state index in [-0.39, 0.29) is 43.8 Å². The number of carbonyl (C=O) groups is 2. The van der Waals surface area contributed by atoms with Crippen molar-refractivity contribution in [2.24, 2.45) is 0 Å². The van der Waals surface area contributed by atoms with Crippen molar-refractivity contribution in [3.8, 4) is 5.75 Å². The Morgan fingerprint density at radius 1 is 1.05 bits per heavy atom. The molecular weight excluding hydrogens is 514 g/mol. The summed E-state index contributed by atoms with van der Waals surface area (Å²) >= 11 is 6.34. The molecule has 2 rings (SSSR count). The standard InChI is InChI=1S/C27H38ClN3O5S/c1-6-20(3)29-27(33)21(4)30(19-22-11-8-9-12-25(22)28)26(32)13-10-18-31(37(5,34)35)23-14-16-24(17-15-23)36-7-2/h8-9,11-12,14-17,20-21H,6-7,10,13,18-19H2,1-5H3,(H,29,33)/t20-,21-/m0/s1. The molecule has 0 saturated heterocycles. The second-order valence-electron chi connectivity index (χ2n) is 8.97. The number of amides is 2. The van der Waals surface area contributed by atoms with Crippen molar-refractivity contribution in [2.75, 3.05) is 23.7 Å². The van der Waals surface area contributed by atoms with E-state index in [1.54, 1.807) is 43.3 Å². The number of hydrogen-bond donors (Lipinski definition) is 1. The average molecular weight is 552 g/mol. The number of sulfonamides is 1. The third-order valence-electron chi connectivity index (χ3n) is 6.05. The predicted molar refractivity (Wildman–Crippen MR) is 148 cm³/mol. The Morgan fingerprint density at radius 2 is 1.70 bits per heavy atom. The van der Waals surface area contributed by atoms with Gasteiger partial charge in [0.2, 0.25) is 21.8 Å². The summed E-state index contributed by atoms with van der Waals surface area (Å²) in [5, 5.41) is 3.44.